The van der Waals surface area contributed by atoms with Crippen LogP contribution in [-0.4, -0.2) is 22.6 Å². The fourth-order valence-corrected chi connectivity index (χ4v) is 5.40. The fourth-order valence-electron chi connectivity index (χ4n) is 5.40. The lowest BCUT2D eigenvalue weighted by molar-refractivity contribution is 1.01. The summed E-state index contributed by atoms with van der Waals surface area (Å²) in [6.07, 6.45) is 23.0. The van der Waals surface area contributed by atoms with E-state index in [-0.39, 0.29) is 0 Å². The first-order valence-electron chi connectivity index (χ1n) is 15.0. The highest BCUT2D eigenvalue weighted by molar-refractivity contribution is 6.12. The first-order valence-corrected chi connectivity index (χ1v) is 15.0. The molecule has 1 aliphatic rings. The van der Waals surface area contributed by atoms with Gasteiger partial charge >= 0.3 is 0 Å². The number of hydrogen-bond acceptors (Lipinski definition) is 2. The molecule has 0 N–H and O–H groups in total. The predicted molar refractivity (Wildman–Crippen MR) is 192 cm³/mol. The molecule has 0 fully saturated rings. The third kappa shape index (κ3) is 6.72. The van der Waals surface area contributed by atoms with Crippen LogP contribution in [0.1, 0.15) is 24.5 Å². The highest BCUT2D eigenvalue weighted by Gasteiger charge is 2.13. The molecular formula is C42H33N3. The molecule has 45 heavy (non-hydrogen) atoms. The van der Waals surface area contributed by atoms with Crippen LogP contribution in [0.3, 0.4) is 0 Å². The maximum absolute atomic E-state index is 6.09. The zero-order valence-electron chi connectivity index (χ0n) is 25.3. The molecule has 0 saturated heterocycles. The van der Waals surface area contributed by atoms with Crippen LogP contribution in [0.4, 0.5) is 0 Å². The lowest BCUT2D eigenvalue weighted by Gasteiger charge is -2.12. The van der Waals surface area contributed by atoms with E-state index in [1.54, 1.807) is 6.08 Å². The van der Waals surface area contributed by atoms with Gasteiger partial charge in [-0.1, -0.05) is 140 Å². The van der Waals surface area contributed by atoms with Crippen LogP contribution in [0, 0.1) is 12.3 Å². The third-order valence-electron chi connectivity index (χ3n) is 7.89. The Morgan fingerprint density at radius 1 is 0.889 bits per heavy atom. The maximum atomic E-state index is 6.09. The highest BCUT2D eigenvalue weighted by Crippen LogP contribution is 2.28. The van der Waals surface area contributed by atoms with Crippen molar-refractivity contribution < 1.29 is 0 Å². The first-order chi connectivity index (χ1) is 22.1. The standard InChI is InChI=1S/C42H33N3/c1-4-32(21-20-31-13-7-6-8-14-31)40(5-2)45-42(44-30(3)37-27-22-33-15-9-10-16-38(33)29-37)36-25-23-34(24-26-36)39-19-11-17-35-18-12-28-43-41(35)39/h2,4,6-13,15-29,40H,1,14H2,3H3/b31-20-,32-21+,44-30+,45-42-. The zero-order chi connectivity index (χ0) is 31.0. The molecule has 6 rings (SSSR count). The number of allylic oxidation sites excluding steroid dienone is 7. The summed E-state index contributed by atoms with van der Waals surface area (Å²) in [5, 5.41) is 3.45. The van der Waals surface area contributed by atoms with Gasteiger partial charge in [0, 0.05) is 28.4 Å². The predicted octanol–water partition coefficient (Wildman–Crippen LogP) is 9.87. The summed E-state index contributed by atoms with van der Waals surface area (Å²) in [6, 6.07) is 32.7. The van der Waals surface area contributed by atoms with Gasteiger partial charge in [-0.2, -0.15) is 0 Å². The third-order valence-corrected chi connectivity index (χ3v) is 7.89. The summed E-state index contributed by atoms with van der Waals surface area (Å²) in [6.45, 7) is 6.06. The number of pyridine rings is 1. The number of terminal acetylenes is 1. The van der Waals surface area contributed by atoms with Gasteiger partial charge in [-0.3, -0.25) is 4.98 Å². The van der Waals surface area contributed by atoms with Crippen molar-refractivity contribution in [2.45, 2.75) is 19.4 Å². The maximum Gasteiger partial charge on any atom is 0.156 e. The molecular weight excluding hydrogens is 546 g/mol. The van der Waals surface area contributed by atoms with E-state index in [0.717, 1.165) is 56.2 Å². The quantitative estimate of drug-likeness (QED) is 0.0818. The molecule has 0 radical (unpaired) electrons. The van der Waals surface area contributed by atoms with Crippen molar-refractivity contribution in [2.24, 2.45) is 9.98 Å². The molecule has 0 amide bonds. The average Bonchev–Trinajstić information content (AvgIpc) is 3.10. The Balaban J connectivity index is 1.42. The van der Waals surface area contributed by atoms with Crippen LogP contribution in [0.25, 0.3) is 32.8 Å². The van der Waals surface area contributed by atoms with Gasteiger partial charge in [-0.05, 0) is 58.5 Å². The topological polar surface area (TPSA) is 37.6 Å². The van der Waals surface area contributed by atoms with E-state index in [9.17, 15) is 0 Å². The number of nitrogens with zero attached hydrogens (tertiary/aromatic N) is 3. The van der Waals surface area contributed by atoms with Gasteiger partial charge in [0.25, 0.3) is 0 Å². The molecule has 3 nitrogen and oxygen atoms in total. The number of para-hydroxylation sites is 1. The Bertz CT molecular complexity index is 2110. The molecule has 1 aliphatic carbocycles. The van der Waals surface area contributed by atoms with Gasteiger partial charge in [-0.25, -0.2) is 9.98 Å². The van der Waals surface area contributed by atoms with Crippen LogP contribution < -0.4 is 0 Å². The van der Waals surface area contributed by atoms with E-state index >= 15 is 0 Å². The minimum atomic E-state index is -0.562. The van der Waals surface area contributed by atoms with E-state index in [1.165, 1.54) is 11.0 Å². The normalized spacial score (nSPS) is 15.4. The molecule has 0 bridgehead atoms. The van der Waals surface area contributed by atoms with E-state index in [4.69, 9.17) is 16.4 Å². The SMILES string of the molecule is C#CC(/N=C(\N=C(/C)c1ccc2ccccc2c1)c1ccc(-c2cccc3cccnc23)cc1)/C(C=C)=C/C=C1/C=CC=CC1. The van der Waals surface area contributed by atoms with Crippen LogP contribution in [-0.2, 0) is 0 Å². The van der Waals surface area contributed by atoms with E-state index in [0.29, 0.717) is 5.84 Å². The van der Waals surface area contributed by atoms with Gasteiger partial charge in [0.15, 0.2) is 5.84 Å². The van der Waals surface area contributed by atoms with Gasteiger partial charge < -0.3 is 0 Å². The van der Waals surface area contributed by atoms with Crippen molar-refractivity contribution >= 4 is 33.2 Å². The summed E-state index contributed by atoms with van der Waals surface area (Å²) in [5.74, 6) is 3.43. The number of rotatable bonds is 7. The second-order valence-corrected chi connectivity index (χ2v) is 10.8. The summed E-state index contributed by atoms with van der Waals surface area (Å²) in [5.41, 5.74) is 7.89. The zero-order valence-corrected chi connectivity index (χ0v) is 25.3. The first kappa shape index (κ1) is 29.2. The molecule has 1 unspecified atom stereocenters. The van der Waals surface area contributed by atoms with Crippen molar-refractivity contribution in [3.8, 4) is 23.5 Å². The van der Waals surface area contributed by atoms with E-state index in [2.05, 4.69) is 115 Å². The second kappa shape index (κ2) is 13.6. The molecule has 3 heteroatoms. The highest BCUT2D eigenvalue weighted by atomic mass is 14.9. The van der Waals surface area contributed by atoms with Gasteiger partial charge in [0.05, 0.1) is 5.52 Å². The summed E-state index contributed by atoms with van der Waals surface area (Å²) >= 11 is 0. The minimum Gasteiger partial charge on any atom is -0.256 e. The number of fused-ring (bicyclic) bond motifs is 2. The van der Waals surface area contributed by atoms with Crippen LogP contribution in [0.5, 0.6) is 0 Å². The van der Waals surface area contributed by atoms with Crippen molar-refractivity contribution in [3.63, 3.8) is 0 Å². The van der Waals surface area contributed by atoms with Gasteiger partial charge in [0.2, 0.25) is 0 Å². The summed E-state index contributed by atoms with van der Waals surface area (Å²) in [7, 11) is 0. The van der Waals surface area contributed by atoms with Crippen LogP contribution >= 0.6 is 0 Å². The van der Waals surface area contributed by atoms with Crippen LogP contribution in [0.15, 0.2) is 174 Å². The van der Waals surface area contributed by atoms with E-state index in [1.807, 2.05) is 49.5 Å². The van der Waals surface area contributed by atoms with Gasteiger partial charge in [0.1, 0.15) is 6.04 Å². The Hall–Kier alpha value is -5.85. The lowest BCUT2D eigenvalue weighted by Crippen LogP contribution is -2.11. The number of benzene rings is 4. The number of aromatic nitrogens is 1. The lowest BCUT2D eigenvalue weighted by atomic mass is 10.00. The fraction of sp³-hybridized carbons (Fsp3) is 0.0714. The molecule has 4 aromatic carbocycles. The van der Waals surface area contributed by atoms with E-state index < -0.39 is 6.04 Å². The van der Waals surface area contributed by atoms with Crippen LogP contribution in [0.2, 0.25) is 0 Å². The molecule has 0 aliphatic heterocycles. The van der Waals surface area contributed by atoms with Crippen molar-refractivity contribution in [3.05, 3.63) is 175 Å². The molecule has 5 aromatic rings. The smallest absolute Gasteiger partial charge is 0.156 e. The Labute approximate surface area is 265 Å². The molecule has 0 saturated carbocycles. The Morgan fingerprint density at radius 2 is 1.67 bits per heavy atom. The summed E-state index contributed by atoms with van der Waals surface area (Å²) in [4.78, 5) is 14.8. The Kier molecular flexibility index (Phi) is 8.85. The Morgan fingerprint density at radius 3 is 2.44 bits per heavy atom. The molecule has 0 spiro atoms. The van der Waals surface area contributed by atoms with Crippen molar-refractivity contribution in [1.82, 2.24) is 4.98 Å². The molecule has 1 aromatic heterocycles. The monoisotopic (exact) mass is 579 g/mol. The van der Waals surface area contributed by atoms with Crippen molar-refractivity contribution in [1.29, 1.82) is 0 Å². The molecule has 1 heterocycles. The number of aliphatic imine (C=N–C) groups is 2. The molecule has 216 valence electrons. The van der Waals surface area contributed by atoms with Crippen molar-refractivity contribution in [2.75, 3.05) is 0 Å². The number of hydrogen-bond donors (Lipinski definition) is 0. The molecule has 1 atom stereocenters. The minimum absolute atomic E-state index is 0.562. The summed E-state index contributed by atoms with van der Waals surface area (Å²) < 4.78 is 0. The largest absolute Gasteiger partial charge is 0.256 e. The second-order valence-electron chi connectivity index (χ2n) is 10.8. The van der Waals surface area contributed by atoms with Gasteiger partial charge in [-0.15, -0.1) is 6.42 Å². The average molecular weight is 580 g/mol. The number of amidine groups is 1.